The molecule has 0 radical (unpaired) electrons. The molecule has 0 saturated carbocycles. The van der Waals surface area contributed by atoms with Crippen LogP contribution in [0.4, 0.5) is 0 Å². The van der Waals surface area contributed by atoms with E-state index in [1.54, 1.807) is 32.1 Å². The Balaban J connectivity index is 3.06. The number of hydrogen-bond acceptors (Lipinski definition) is 4. The van der Waals surface area contributed by atoms with Crippen LogP contribution in [0.2, 0.25) is 0 Å². The van der Waals surface area contributed by atoms with Crippen molar-refractivity contribution >= 4 is 16.9 Å². The average Bonchev–Trinajstić information content (AvgIpc) is 2.14. The first kappa shape index (κ1) is 15.6. The van der Waals surface area contributed by atoms with E-state index < -0.39 is 16.9 Å². The fourth-order valence-corrected chi connectivity index (χ4v) is 6.19. The summed E-state index contributed by atoms with van der Waals surface area (Å²) in [7, 11) is -3.77. The third-order valence-electron chi connectivity index (χ3n) is 2.55. The fourth-order valence-electron chi connectivity index (χ4n) is 1.49. The van der Waals surface area contributed by atoms with E-state index in [0.29, 0.717) is 6.16 Å². The van der Waals surface area contributed by atoms with Crippen molar-refractivity contribution in [2.45, 2.75) is 11.8 Å². The van der Waals surface area contributed by atoms with Gasteiger partial charge in [0, 0.05) is 0 Å². The van der Waals surface area contributed by atoms with E-state index in [2.05, 4.69) is 0 Å². The van der Waals surface area contributed by atoms with Gasteiger partial charge in [-0.3, -0.25) is 0 Å². The van der Waals surface area contributed by atoms with Gasteiger partial charge >= 0.3 is 109 Å². The molecule has 0 spiro atoms. The first-order chi connectivity index (χ1) is 8.03. The SMILES string of the molecule is Cc1ccc(S(=O)(=O)OP(C)(C)(C)CCO)cc1. The molecule has 0 unspecified atom stereocenters. The number of benzene rings is 1. The van der Waals surface area contributed by atoms with Gasteiger partial charge in [0.1, 0.15) is 0 Å². The topological polar surface area (TPSA) is 63.6 Å². The molecule has 0 aromatic heterocycles. The zero-order valence-corrected chi connectivity index (χ0v) is 13.0. The Hall–Kier alpha value is -0.480. The van der Waals surface area contributed by atoms with Crippen molar-refractivity contribution in [2.24, 2.45) is 0 Å². The van der Waals surface area contributed by atoms with Gasteiger partial charge in [-0.1, -0.05) is 0 Å². The summed E-state index contributed by atoms with van der Waals surface area (Å²) in [6.07, 6.45) is 0.358. The number of aryl methyl sites for hydroxylation is 1. The van der Waals surface area contributed by atoms with Gasteiger partial charge in [0.15, 0.2) is 0 Å². The van der Waals surface area contributed by atoms with Gasteiger partial charge in [0.25, 0.3) is 0 Å². The van der Waals surface area contributed by atoms with Crippen LogP contribution in [0.1, 0.15) is 5.56 Å². The summed E-state index contributed by atoms with van der Waals surface area (Å²) in [6, 6.07) is 6.54. The van der Waals surface area contributed by atoms with Crippen LogP contribution in [0.25, 0.3) is 0 Å². The normalized spacial score (nSPS) is 15.1. The van der Waals surface area contributed by atoms with Crippen LogP contribution in [0.15, 0.2) is 29.2 Å². The molecular formula is C12H21O4PS. The van der Waals surface area contributed by atoms with Crippen molar-refractivity contribution in [1.82, 2.24) is 0 Å². The van der Waals surface area contributed by atoms with Crippen LogP contribution in [-0.4, -0.2) is 46.3 Å². The van der Waals surface area contributed by atoms with Crippen molar-refractivity contribution in [3.05, 3.63) is 29.8 Å². The molecule has 1 rings (SSSR count). The van der Waals surface area contributed by atoms with Gasteiger partial charge in [0.2, 0.25) is 0 Å². The van der Waals surface area contributed by atoms with Crippen molar-refractivity contribution in [2.75, 3.05) is 32.8 Å². The van der Waals surface area contributed by atoms with Crippen molar-refractivity contribution < 1.29 is 17.5 Å². The molecule has 0 aliphatic carbocycles. The third-order valence-corrected chi connectivity index (χ3v) is 8.12. The molecule has 0 atom stereocenters. The maximum absolute atomic E-state index is 12.2. The number of hydrogen-bond donors (Lipinski definition) is 1. The summed E-state index contributed by atoms with van der Waals surface area (Å²) >= 11 is 0. The van der Waals surface area contributed by atoms with Crippen LogP contribution < -0.4 is 0 Å². The standard InChI is InChI=1S/C12H21O4PS/c1-11-5-7-12(8-6-11)18(14,15)16-17(2,3,4)10-9-13/h5-8,13H,9-10H2,1-4H3. The molecule has 0 bridgehead atoms. The van der Waals surface area contributed by atoms with Gasteiger partial charge in [-0.2, -0.15) is 0 Å². The second-order valence-corrected chi connectivity index (χ2v) is 14.1. The van der Waals surface area contributed by atoms with E-state index in [0.717, 1.165) is 5.56 Å². The Bertz CT molecular complexity index is 511. The molecule has 18 heavy (non-hydrogen) atoms. The minimum atomic E-state index is -3.77. The molecule has 1 N–H and O–H groups in total. The van der Waals surface area contributed by atoms with Crippen LogP contribution in [0.3, 0.4) is 0 Å². The van der Waals surface area contributed by atoms with Crippen LogP contribution >= 0.6 is 6.83 Å². The maximum atomic E-state index is 12.2. The molecule has 0 heterocycles. The van der Waals surface area contributed by atoms with E-state index in [1.165, 1.54) is 12.1 Å². The van der Waals surface area contributed by atoms with E-state index in [-0.39, 0.29) is 11.5 Å². The van der Waals surface area contributed by atoms with E-state index >= 15 is 0 Å². The fraction of sp³-hybridized carbons (Fsp3) is 0.500. The molecule has 1 aromatic carbocycles. The Morgan fingerprint density at radius 1 is 1.17 bits per heavy atom. The molecule has 104 valence electrons. The van der Waals surface area contributed by atoms with E-state index in [1.807, 2.05) is 6.92 Å². The van der Waals surface area contributed by atoms with E-state index in [4.69, 9.17) is 9.08 Å². The van der Waals surface area contributed by atoms with Gasteiger partial charge in [0.05, 0.1) is 0 Å². The molecule has 6 heteroatoms. The third kappa shape index (κ3) is 4.32. The van der Waals surface area contributed by atoms with Crippen molar-refractivity contribution in [1.29, 1.82) is 0 Å². The summed E-state index contributed by atoms with van der Waals surface area (Å²) in [4.78, 5) is 0.158. The Labute approximate surface area is 109 Å². The zero-order valence-electron chi connectivity index (χ0n) is 11.3. The van der Waals surface area contributed by atoms with Crippen molar-refractivity contribution in [3.8, 4) is 0 Å². The first-order valence-electron chi connectivity index (χ1n) is 5.68. The Morgan fingerprint density at radius 2 is 1.67 bits per heavy atom. The summed E-state index contributed by atoms with van der Waals surface area (Å²) in [5, 5.41) is 9.03. The minimum absolute atomic E-state index is 0.0786. The van der Waals surface area contributed by atoms with Gasteiger partial charge in [-0.05, 0) is 0 Å². The number of rotatable bonds is 5. The predicted molar refractivity (Wildman–Crippen MR) is 76.1 cm³/mol. The quantitative estimate of drug-likeness (QED) is 0.844. The summed E-state index contributed by atoms with van der Waals surface area (Å²) in [5.74, 6) is 0. The van der Waals surface area contributed by atoms with Gasteiger partial charge in [-0.25, -0.2) is 0 Å². The summed E-state index contributed by atoms with van der Waals surface area (Å²) in [5.41, 5.74) is 0.992. The number of aliphatic hydroxyl groups is 1. The monoisotopic (exact) mass is 292 g/mol. The molecule has 0 amide bonds. The molecule has 0 aliphatic rings. The molecule has 4 nitrogen and oxygen atoms in total. The second kappa shape index (κ2) is 4.89. The summed E-state index contributed by atoms with van der Waals surface area (Å²) < 4.78 is 29.8. The average molecular weight is 292 g/mol. The van der Waals surface area contributed by atoms with Gasteiger partial charge in [-0.15, -0.1) is 0 Å². The summed E-state index contributed by atoms with van der Waals surface area (Å²) in [6.45, 7) is 4.32. The molecule has 0 aliphatic heterocycles. The molecule has 1 aromatic rings. The van der Waals surface area contributed by atoms with Gasteiger partial charge < -0.3 is 0 Å². The molecular weight excluding hydrogens is 271 g/mol. The molecule has 0 saturated heterocycles. The number of aliphatic hydroxyl groups excluding tert-OH is 1. The van der Waals surface area contributed by atoms with Crippen molar-refractivity contribution in [3.63, 3.8) is 0 Å². The Morgan fingerprint density at radius 3 is 2.11 bits per heavy atom. The Kier molecular flexibility index (Phi) is 4.23. The predicted octanol–water partition coefficient (Wildman–Crippen LogP) is 2.05. The van der Waals surface area contributed by atoms with E-state index in [9.17, 15) is 8.42 Å². The van der Waals surface area contributed by atoms with Crippen LogP contribution in [0.5, 0.6) is 0 Å². The van der Waals surface area contributed by atoms with Crippen LogP contribution in [0, 0.1) is 6.92 Å². The second-order valence-electron chi connectivity index (χ2n) is 5.76. The first-order valence-corrected chi connectivity index (χ1v) is 10.8. The van der Waals surface area contributed by atoms with Crippen LogP contribution in [-0.2, 0) is 14.1 Å². The zero-order chi connectivity index (χ0) is 14.1. The molecule has 0 fully saturated rings.